The third-order valence-corrected chi connectivity index (χ3v) is 4.01. The highest BCUT2D eigenvalue weighted by Gasteiger charge is 2.16. The summed E-state index contributed by atoms with van der Waals surface area (Å²) >= 11 is 0. The molecule has 0 amide bonds. The van der Waals surface area contributed by atoms with Crippen LogP contribution in [0.25, 0.3) is 0 Å². The predicted molar refractivity (Wildman–Crippen MR) is 77.1 cm³/mol. The summed E-state index contributed by atoms with van der Waals surface area (Å²) in [4.78, 5) is 11.9. The molecule has 0 heterocycles. The van der Waals surface area contributed by atoms with Crippen LogP contribution in [0.5, 0.6) is 0 Å². The first-order chi connectivity index (χ1) is 9.38. The van der Waals surface area contributed by atoms with Gasteiger partial charge in [0.15, 0.2) is 9.84 Å². The number of hydrogen-bond acceptors (Lipinski definition) is 5. The highest BCUT2D eigenvalue weighted by atomic mass is 32.2. The largest absolute Gasteiger partial charge is 0.465 e. The van der Waals surface area contributed by atoms with Crippen LogP contribution in [0.4, 0.5) is 0 Å². The van der Waals surface area contributed by atoms with Crippen LogP contribution in [0.2, 0.25) is 0 Å². The molecule has 1 atom stereocenters. The van der Waals surface area contributed by atoms with E-state index in [9.17, 15) is 13.2 Å². The molecule has 6 heteroatoms. The van der Waals surface area contributed by atoms with Crippen LogP contribution in [-0.4, -0.2) is 33.3 Å². The number of benzene rings is 1. The fourth-order valence-corrected chi connectivity index (χ4v) is 2.36. The van der Waals surface area contributed by atoms with Gasteiger partial charge in [0.2, 0.25) is 0 Å². The fraction of sp³-hybridized carbons (Fsp3) is 0.500. The summed E-state index contributed by atoms with van der Waals surface area (Å²) in [6.07, 6.45) is 1.81. The molecular formula is C14H21NO4S. The second kappa shape index (κ2) is 7.40. The van der Waals surface area contributed by atoms with E-state index in [1.165, 1.54) is 6.26 Å². The smallest absolute Gasteiger partial charge is 0.323 e. The summed E-state index contributed by atoms with van der Waals surface area (Å²) in [6.45, 7) is 4.53. The number of sulfone groups is 1. The number of ether oxygens (including phenoxy) is 1. The molecule has 0 saturated carbocycles. The van der Waals surface area contributed by atoms with Crippen molar-refractivity contribution >= 4 is 15.8 Å². The summed E-state index contributed by atoms with van der Waals surface area (Å²) in [7, 11) is -3.17. The van der Waals surface area contributed by atoms with Gasteiger partial charge in [0.1, 0.15) is 6.04 Å². The topological polar surface area (TPSA) is 72.5 Å². The number of carbonyl (C=O) groups excluding carboxylic acids is 1. The molecule has 0 spiro atoms. The molecule has 1 aromatic carbocycles. The van der Waals surface area contributed by atoms with Crippen molar-refractivity contribution in [1.82, 2.24) is 5.32 Å². The third kappa shape index (κ3) is 4.94. The molecule has 0 aliphatic carbocycles. The Hall–Kier alpha value is -1.40. The quantitative estimate of drug-likeness (QED) is 0.773. The minimum Gasteiger partial charge on any atom is -0.465 e. The van der Waals surface area contributed by atoms with Crippen molar-refractivity contribution in [2.24, 2.45) is 0 Å². The van der Waals surface area contributed by atoms with Gasteiger partial charge in [-0.2, -0.15) is 0 Å². The van der Waals surface area contributed by atoms with E-state index in [2.05, 4.69) is 5.32 Å². The van der Waals surface area contributed by atoms with Crippen LogP contribution in [0, 0.1) is 0 Å². The van der Waals surface area contributed by atoms with Crippen LogP contribution >= 0.6 is 0 Å². The van der Waals surface area contributed by atoms with Gasteiger partial charge in [-0.3, -0.25) is 4.79 Å². The summed E-state index contributed by atoms with van der Waals surface area (Å²) < 4.78 is 27.6. The van der Waals surface area contributed by atoms with Gasteiger partial charge in [-0.25, -0.2) is 8.42 Å². The van der Waals surface area contributed by atoms with Crippen LogP contribution in [0.3, 0.4) is 0 Å². The molecule has 5 nitrogen and oxygen atoms in total. The zero-order valence-corrected chi connectivity index (χ0v) is 12.9. The van der Waals surface area contributed by atoms with Gasteiger partial charge in [-0.05, 0) is 31.0 Å². The molecule has 1 unspecified atom stereocenters. The molecule has 1 rings (SSSR count). The Kier molecular flexibility index (Phi) is 6.16. The summed E-state index contributed by atoms with van der Waals surface area (Å²) in [6, 6.07) is 6.27. The molecule has 0 bridgehead atoms. The number of rotatable bonds is 7. The Labute approximate surface area is 120 Å². The molecule has 0 radical (unpaired) electrons. The van der Waals surface area contributed by atoms with Crippen molar-refractivity contribution in [3.05, 3.63) is 29.8 Å². The first-order valence-electron chi connectivity index (χ1n) is 6.57. The average Bonchev–Trinajstić information content (AvgIpc) is 2.39. The molecular weight excluding hydrogens is 278 g/mol. The Bertz CT molecular complexity index is 537. The predicted octanol–water partition coefficient (Wildman–Crippen LogP) is 1.52. The number of nitrogens with one attached hydrogen (secondary N) is 1. The van der Waals surface area contributed by atoms with Gasteiger partial charge < -0.3 is 10.1 Å². The van der Waals surface area contributed by atoms with Crippen LogP contribution < -0.4 is 5.32 Å². The zero-order chi connectivity index (χ0) is 15.2. The van der Waals surface area contributed by atoms with Gasteiger partial charge in [0, 0.05) is 12.8 Å². The van der Waals surface area contributed by atoms with E-state index < -0.39 is 9.84 Å². The highest BCUT2D eigenvalue weighted by Crippen LogP contribution is 2.10. The number of esters is 1. The van der Waals surface area contributed by atoms with Crippen LogP contribution in [-0.2, 0) is 25.9 Å². The van der Waals surface area contributed by atoms with E-state index >= 15 is 0 Å². The molecule has 0 saturated heterocycles. The Balaban J connectivity index is 2.63. The molecule has 0 fully saturated rings. The number of carbonyl (C=O) groups is 1. The SMILES string of the molecule is CCOC(=O)C(CC)NCc1ccc(S(C)(=O)=O)cc1. The van der Waals surface area contributed by atoms with Crippen molar-refractivity contribution in [2.75, 3.05) is 12.9 Å². The maximum Gasteiger partial charge on any atom is 0.323 e. The summed E-state index contributed by atoms with van der Waals surface area (Å²) in [5.41, 5.74) is 0.917. The van der Waals surface area contributed by atoms with E-state index in [0.29, 0.717) is 24.5 Å². The Morgan fingerprint density at radius 2 is 1.85 bits per heavy atom. The van der Waals surface area contributed by atoms with E-state index in [4.69, 9.17) is 4.74 Å². The van der Waals surface area contributed by atoms with Gasteiger partial charge >= 0.3 is 5.97 Å². The summed E-state index contributed by atoms with van der Waals surface area (Å²) in [5.74, 6) is -0.261. The highest BCUT2D eigenvalue weighted by molar-refractivity contribution is 7.90. The minimum atomic E-state index is -3.17. The minimum absolute atomic E-state index is 0.261. The van der Waals surface area contributed by atoms with Crippen molar-refractivity contribution in [2.45, 2.75) is 37.8 Å². The maximum absolute atomic E-state index is 11.6. The van der Waals surface area contributed by atoms with Gasteiger partial charge in [-0.15, -0.1) is 0 Å². The molecule has 0 aromatic heterocycles. The molecule has 0 aliphatic rings. The summed E-state index contributed by atoms with van der Waals surface area (Å²) in [5, 5.41) is 3.10. The molecule has 0 aliphatic heterocycles. The van der Waals surface area contributed by atoms with Crippen molar-refractivity contribution in [3.63, 3.8) is 0 Å². The Morgan fingerprint density at radius 3 is 2.30 bits per heavy atom. The first kappa shape index (κ1) is 16.7. The van der Waals surface area contributed by atoms with Crippen molar-refractivity contribution in [1.29, 1.82) is 0 Å². The van der Waals surface area contributed by atoms with Crippen molar-refractivity contribution < 1.29 is 17.9 Å². The molecule has 20 heavy (non-hydrogen) atoms. The zero-order valence-electron chi connectivity index (χ0n) is 12.0. The lowest BCUT2D eigenvalue weighted by molar-refractivity contribution is -0.145. The van der Waals surface area contributed by atoms with Gasteiger partial charge in [-0.1, -0.05) is 19.1 Å². The van der Waals surface area contributed by atoms with E-state index in [0.717, 1.165) is 5.56 Å². The third-order valence-electron chi connectivity index (χ3n) is 2.88. The monoisotopic (exact) mass is 299 g/mol. The lowest BCUT2D eigenvalue weighted by Gasteiger charge is -2.15. The normalized spacial score (nSPS) is 12.9. The molecule has 1 aromatic rings. The fourth-order valence-electron chi connectivity index (χ4n) is 1.73. The van der Waals surface area contributed by atoms with E-state index in [1.54, 1.807) is 31.2 Å². The first-order valence-corrected chi connectivity index (χ1v) is 8.46. The molecule has 1 N–H and O–H groups in total. The standard InChI is InChI=1S/C14H21NO4S/c1-4-13(14(16)19-5-2)15-10-11-6-8-12(9-7-11)20(3,17)18/h6-9,13,15H,4-5,10H2,1-3H3. The van der Waals surface area contributed by atoms with E-state index in [1.807, 2.05) is 6.92 Å². The average molecular weight is 299 g/mol. The maximum atomic E-state index is 11.6. The second-order valence-corrected chi connectivity index (χ2v) is 6.53. The van der Waals surface area contributed by atoms with Gasteiger partial charge in [0.25, 0.3) is 0 Å². The Morgan fingerprint density at radius 1 is 1.25 bits per heavy atom. The van der Waals surface area contributed by atoms with E-state index in [-0.39, 0.29) is 12.0 Å². The number of hydrogen-bond donors (Lipinski definition) is 1. The van der Waals surface area contributed by atoms with Crippen LogP contribution in [0.15, 0.2) is 29.2 Å². The van der Waals surface area contributed by atoms with Gasteiger partial charge in [0.05, 0.1) is 11.5 Å². The second-order valence-electron chi connectivity index (χ2n) is 4.51. The van der Waals surface area contributed by atoms with Crippen molar-refractivity contribution in [3.8, 4) is 0 Å². The lowest BCUT2D eigenvalue weighted by Crippen LogP contribution is -2.37. The lowest BCUT2D eigenvalue weighted by atomic mass is 10.2. The molecule has 112 valence electrons. The van der Waals surface area contributed by atoms with Crippen LogP contribution in [0.1, 0.15) is 25.8 Å².